The number of carbonyl (C=O) groups excluding carboxylic acids is 1. The molecule has 7 heteroatoms. The fraction of sp³-hybridized carbons (Fsp3) is 0.136. The lowest BCUT2D eigenvalue weighted by Gasteiger charge is -2.11. The molecule has 5 nitrogen and oxygen atoms in total. The Labute approximate surface area is 177 Å². The number of aryl methyl sites for hydroxylation is 2. The minimum absolute atomic E-state index is 0.0776. The van der Waals surface area contributed by atoms with Gasteiger partial charge in [-0.15, -0.1) is 0 Å². The number of pyridine rings is 1. The maximum absolute atomic E-state index is 12.3. The quantitative estimate of drug-likeness (QED) is 0.450. The number of amides is 1. The van der Waals surface area contributed by atoms with E-state index in [0.717, 1.165) is 37.7 Å². The van der Waals surface area contributed by atoms with Gasteiger partial charge in [-0.25, -0.2) is 9.97 Å². The molecule has 0 aliphatic rings. The first-order chi connectivity index (χ1) is 14.0. The molecule has 4 aromatic rings. The molecule has 0 fully saturated rings. The summed E-state index contributed by atoms with van der Waals surface area (Å²) in [4.78, 5) is 22.2. The van der Waals surface area contributed by atoms with Crippen LogP contribution in [0, 0.1) is 13.8 Å². The molecule has 0 aliphatic heterocycles. The zero-order valence-corrected chi connectivity index (χ0v) is 17.5. The molecule has 2 heterocycles. The van der Waals surface area contributed by atoms with Crippen LogP contribution in [0.2, 0.25) is 5.02 Å². The largest absolute Gasteiger partial charge is 0.484 e. The predicted octanol–water partition coefficient (Wildman–Crippen LogP) is 5.65. The van der Waals surface area contributed by atoms with Gasteiger partial charge >= 0.3 is 0 Å². The van der Waals surface area contributed by atoms with Crippen LogP contribution in [0.25, 0.3) is 20.9 Å². The third-order valence-electron chi connectivity index (χ3n) is 4.41. The fourth-order valence-corrected chi connectivity index (χ4v) is 3.89. The number of ether oxygens (including phenoxy) is 1. The molecule has 0 bridgehead atoms. The molecule has 29 heavy (non-hydrogen) atoms. The standard InChI is InChI=1S/C22H18ClN3O2S/c1-13-11-16(6-7-17(13)23)28-12-20(27)25-18-8-5-15(10-14(18)2)21-26-19-4-3-9-24-22(19)29-21/h3-11H,12H2,1-2H3,(H,25,27). The highest BCUT2D eigenvalue weighted by molar-refractivity contribution is 7.21. The average molecular weight is 424 g/mol. The van der Waals surface area contributed by atoms with E-state index < -0.39 is 0 Å². The van der Waals surface area contributed by atoms with Crippen molar-refractivity contribution in [3.63, 3.8) is 0 Å². The van der Waals surface area contributed by atoms with Crippen molar-refractivity contribution in [3.8, 4) is 16.3 Å². The monoisotopic (exact) mass is 423 g/mol. The number of hydrogen-bond acceptors (Lipinski definition) is 5. The Balaban J connectivity index is 1.43. The summed E-state index contributed by atoms with van der Waals surface area (Å²) >= 11 is 7.55. The Kier molecular flexibility index (Phi) is 5.47. The topological polar surface area (TPSA) is 64.1 Å². The Morgan fingerprint density at radius 3 is 2.76 bits per heavy atom. The number of aromatic nitrogens is 2. The van der Waals surface area contributed by atoms with Crippen LogP contribution in [-0.4, -0.2) is 22.5 Å². The summed E-state index contributed by atoms with van der Waals surface area (Å²) in [6.07, 6.45) is 1.77. The molecule has 0 aliphatic carbocycles. The van der Waals surface area contributed by atoms with E-state index in [4.69, 9.17) is 16.3 Å². The molecule has 2 aromatic heterocycles. The van der Waals surface area contributed by atoms with Crippen molar-refractivity contribution in [2.24, 2.45) is 0 Å². The lowest BCUT2D eigenvalue weighted by Crippen LogP contribution is -2.20. The summed E-state index contributed by atoms with van der Waals surface area (Å²) < 4.78 is 5.56. The highest BCUT2D eigenvalue weighted by Crippen LogP contribution is 2.31. The van der Waals surface area contributed by atoms with Crippen LogP contribution in [0.15, 0.2) is 54.7 Å². The van der Waals surface area contributed by atoms with Gasteiger partial charge in [0.1, 0.15) is 21.1 Å². The number of fused-ring (bicyclic) bond motifs is 1. The van der Waals surface area contributed by atoms with Gasteiger partial charge in [0.2, 0.25) is 0 Å². The minimum Gasteiger partial charge on any atom is -0.484 e. The van der Waals surface area contributed by atoms with Crippen molar-refractivity contribution in [3.05, 3.63) is 70.9 Å². The van der Waals surface area contributed by atoms with Gasteiger partial charge in [-0.2, -0.15) is 0 Å². The van der Waals surface area contributed by atoms with Crippen molar-refractivity contribution < 1.29 is 9.53 Å². The lowest BCUT2D eigenvalue weighted by molar-refractivity contribution is -0.118. The molecule has 146 valence electrons. The number of nitrogens with zero attached hydrogens (tertiary/aromatic N) is 2. The molecule has 0 spiro atoms. The van der Waals surface area contributed by atoms with E-state index in [-0.39, 0.29) is 12.5 Å². The van der Waals surface area contributed by atoms with Crippen LogP contribution in [-0.2, 0) is 4.79 Å². The van der Waals surface area contributed by atoms with E-state index in [2.05, 4.69) is 15.3 Å². The highest BCUT2D eigenvalue weighted by Gasteiger charge is 2.11. The molecule has 0 unspecified atom stereocenters. The number of benzene rings is 2. The van der Waals surface area contributed by atoms with Gasteiger partial charge in [-0.3, -0.25) is 4.79 Å². The van der Waals surface area contributed by atoms with Gasteiger partial charge in [-0.05, 0) is 73.5 Å². The van der Waals surface area contributed by atoms with Gasteiger partial charge < -0.3 is 10.1 Å². The van der Waals surface area contributed by atoms with E-state index in [1.165, 1.54) is 0 Å². The normalized spacial score (nSPS) is 10.9. The van der Waals surface area contributed by atoms with E-state index in [9.17, 15) is 4.79 Å². The van der Waals surface area contributed by atoms with E-state index in [1.54, 1.807) is 29.7 Å². The lowest BCUT2D eigenvalue weighted by atomic mass is 10.1. The third kappa shape index (κ3) is 4.39. The molecule has 0 saturated carbocycles. The number of rotatable bonds is 5. The van der Waals surface area contributed by atoms with Crippen LogP contribution < -0.4 is 10.1 Å². The summed E-state index contributed by atoms with van der Waals surface area (Å²) in [7, 11) is 0. The average Bonchev–Trinajstić information content (AvgIpc) is 3.15. The number of carbonyl (C=O) groups is 1. The molecular weight excluding hydrogens is 406 g/mol. The first-order valence-corrected chi connectivity index (χ1v) is 10.2. The molecule has 0 saturated heterocycles. The van der Waals surface area contributed by atoms with Crippen LogP contribution in [0.5, 0.6) is 5.75 Å². The van der Waals surface area contributed by atoms with Crippen LogP contribution in [0.4, 0.5) is 5.69 Å². The van der Waals surface area contributed by atoms with Gasteiger partial charge in [0.25, 0.3) is 5.91 Å². The zero-order valence-electron chi connectivity index (χ0n) is 15.9. The first-order valence-electron chi connectivity index (χ1n) is 9.01. The molecule has 1 N–H and O–H groups in total. The SMILES string of the molecule is Cc1cc(OCC(=O)Nc2ccc(-c3nc4cccnc4s3)cc2C)ccc1Cl. The van der Waals surface area contributed by atoms with Crippen molar-refractivity contribution >= 4 is 44.9 Å². The second-order valence-electron chi connectivity index (χ2n) is 6.62. The third-order valence-corrected chi connectivity index (χ3v) is 5.87. The minimum atomic E-state index is -0.224. The second-order valence-corrected chi connectivity index (χ2v) is 8.01. The van der Waals surface area contributed by atoms with Gasteiger partial charge in [0, 0.05) is 22.5 Å². The van der Waals surface area contributed by atoms with Crippen LogP contribution in [0.1, 0.15) is 11.1 Å². The van der Waals surface area contributed by atoms with Gasteiger partial charge in [0.15, 0.2) is 6.61 Å². The van der Waals surface area contributed by atoms with Crippen molar-refractivity contribution in [2.75, 3.05) is 11.9 Å². The summed E-state index contributed by atoms with van der Waals surface area (Å²) in [6, 6.07) is 15.0. The summed E-state index contributed by atoms with van der Waals surface area (Å²) in [6.45, 7) is 3.77. The number of hydrogen-bond donors (Lipinski definition) is 1. The van der Waals surface area contributed by atoms with E-state index in [1.807, 2.05) is 50.2 Å². The molecule has 4 rings (SSSR count). The molecule has 0 atom stereocenters. The van der Waals surface area contributed by atoms with E-state index >= 15 is 0 Å². The second kappa shape index (κ2) is 8.19. The summed E-state index contributed by atoms with van der Waals surface area (Å²) in [5, 5.41) is 4.46. The highest BCUT2D eigenvalue weighted by atomic mass is 35.5. The Morgan fingerprint density at radius 2 is 2.00 bits per heavy atom. The first kappa shape index (κ1) is 19.4. The summed E-state index contributed by atoms with van der Waals surface area (Å²) in [5.41, 5.74) is 4.48. The van der Waals surface area contributed by atoms with Gasteiger partial charge in [0.05, 0.1) is 0 Å². The zero-order chi connectivity index (χ0) is 20.4. The number of nitrogens with one attached hydrogen (secondary N) is 1. The van der Waals surface area contributed by atoms with E-state index in [0.29, 0.717) is 10.8 Å². The van der Waals surface area contributed by atoms with Crippen molar-refractivity contribution in [1.29, 1.82) is 0 Å². The maximum Gasteiger partial charge on any atom is 0.262 e. The molecule has 2 aromatic carbocycles. The number of anilines is 1. The Bertz CT molecular complexity index is 1170. The summed E-state index contributed by atoms with van der Waals surface area (Å²) in [5.74, 6) is 0.385. The van der Waals surface area contributed by atoms with Crippen LogP contribution in [0.3, 0.4) is 0 Å². The molecular formula is C22H18ClN3O2S. The predicted molar refractivity (Wildman–Crippen MR) is 118 cm³/mol. The van der Waals surface area contributed by atoms with Crippen molar-refractivity contribution in [1.82, 2.24) is 9.97 Å². The van der Waals surface area contributed by atoms with Crippen molar-refractivity contribution in [2.45, 2.75) is 13.8 Å². The van der Waals surface area contributed by atoms with Crippen LogP contribution >= 0.6 is 22.9 Å². The molecule has 0 radical (unpaired) electrons. The Hall–Kier alpha value is -2.96. The maximum atomic E-state index is 12.3. The Morgan fingerprint density at radius 1 is 1.14 bits per heavy atom. The fourth-order valence-electron chi connectivity index (χ4n) is 2.87. The van der Waals surface area contributed by atoms with Gasteiger partial charge in [-0.1, -0.05) is 22.9 Å². The number of halogens is 1. The number of thiazole rings is 1. The molecule has 1 amide bonds. The smallest absolute Gasteiger partial charge is 0.262 e.